The minimum Gasteiger partial charge on any atom is -0.318 e. The normalized spacial score (nSPS) is 14.6. The highest BCUT2D eigenvalue weighted by Crippen LogP contribution is 2.26. The van der Waals surface area contributed by atoms with Gasteiger partial charge in [-0.1, -0.05) is 29.8 Å². The minimum atomic E-state index is -0.485. The van der Waals surface area contributed by atoms with E-state index in [1.165, 1.54) is 5.56 Å². The van der Waals surface area contributed by atoms with Crippen molar-refractivity contribution in [3.05, 3.63) is 53.3 Å². The number of aryl methyl sites for hydroxylation is 2. The van der Waals surface area contributed by atoms with Crippen LogP contribution in [0.5, 0.6) is 0 Å². The van der Waals surface area contributed by atoms with Crippen LogP contribution >= 0.6 is 0 Å². The zero-order chi connectivity index (χ0) is 12.5. The summed E-state index contributed by atoms with van der Waals surface area (Å²) in [6.45, 7) is 7.03. The van der Waals surface area contributed by atoms with Gasteiger partial charge in [-0.05, 0) is 26.3 Å². The summed E-state index contributed by atoms with van der Waals surface area (Å²) in [5, 5.41) is 4.28. The monoisotopic (exact) mass is 229 g/mol. The van der Waals surface area contributed by atoms with Gasteiger partial charge in [-0.15, -0.1) is 0 Å². The van der Waals surface area contributed by atoms with Crippen molar-refractivity contribution in [2.75, 3.05) is 0 Å². The molecule has 0 radical (unpaired) electrons. The lowest BCUT2D eigenvalue weighted by molar-refractivity contribution is 0.598. The van der Waals surface area contributed by atoms with Gasteiger partial charge < -0.3 is 5.73 Å². The molecule has 0 bridgehead atoms. The average molecular weight is 229 g/mol. The van der Waals surface area contributed by atoms with E-state index in [-0.39, 0.29) is 0 Å². The zero-order valence-corrected chi connectivity index (χ0v) is 10.6. The Morgan fingerprint density at radius 1 is 1.24 bits per heavy atom. The summed E-state index contributed by atoms with van der Waals surface area (Å²) >= 11 is 0. The number of aromatic nitrogens is 2. The molecule has 0 aliphatic rings. The van der Waals surface area contributed by atoms with Crippen LogP contribution in [-0.2, 0) is 12.1 Å². The van der Waals surface area contributed by atoms with E-state index in [1.807, 2.05) is 24.0 Å². The van der Waals surface area contributed by atoms with Crippen LogP contribution in [0.1, 0.15) is 30.5 Å². The molecule has 0 spiro atoms. The molecule has 1 atom stereocenters. The van der Waals surface area contributed by atoms with Crippen molar-refractivity contribution in [2.24, 2.45) is 5.73 Å². The Bertz CT molecular complexity index is 494. The Morgan fingerprint density at radius 2 is 1.88 bits per heavy atom. The highest BCUT2D eigenvalue weighted by Gasteiger charge is 2.25. The van der Waals surface area contributed by atoms with Crippen LogP contribution in [0.15, 0.2) is 36.7 Å². The molecule has 0 saturated carbocycles. The minimum absolute atomic E-state index is 0.485. The number of benzene rings is 1. The van der Waals surface area contributed by atoms with Crippen molar-refractivity contribution in [1.82, 2.24) is 9.78 Å². The SMILES string of the molecule is CCn1cc(C(C)(N)c2ccc(C)cc2)cn1. The highest BCUT2D eigenvalue weighted by molar-refractivity contribution is 5.36. The fourth-order valence-electron chi connectivity index (χ4n) is 1.87. The Balaban J connectivity index is 2.37. The summed E-state index contributed by atoms with van der Waals surface area (Å²) in [7, 11) is 0. The van der Waals surface area contributed by atoms with Gasteiger partial charge in [-0.25, -0.2) is 0 Å². The number of rotatable bonds is 3. The summed E-state index contributed by atoms with van der Waals surface area (Å²) in [6, 6.07) is 8.34. The quantitative estimate of drug-likeness (QED) is 0.878. The van der Waals surface area contributed by atoms with E-state index in [0.29, 0.717) is 0 Å². The average Bonchev–Trinajstić information content (AvgIpc) is 2.78. The summed E-state index contributed by atoms with van der Waals surface area (Å²) in [5.41, 5.74) is 9.34. The number of nitrogens with two attached hydrogens (primary N) is 1. The lowest BCUT2D eigenvalue weighted by Crippen LogP contribution is -2.33. The van der Waals surface area contributed by atoms with Crippen LogP contribution in [0.3, 0.4) is 0 Å². The van der Waals surface area contributed by atoms with Crippen molar-refractivity contribution in [1.29, 1.82) is 0 Å². The maximum Gasteiger partial charge on any atom is 0.0667 e. The van der Waals surface area contributed by atoms with Crippen LogP contribution in [-0.4, -0.2) is 9.78 Å². The Hall–Kier alpha value is -1.61. The smallest absolute Gasteiger partial charge is 0.0667 e. The molecule has 2 rings (SSSR count). The molecule has 0 fully saturated rings. The van der Waals surface area contributed by atoms with Crippen molar-refractivity contribution in [2.45, 2.75) is 32.9 Å². The third-order valence-corrected chi connectivity index (χ3v) is 3.21. The molecule has 1 aromatic carbocycles. The Kier molecular flexibility index (Phi) is 3.03. The highest BCUT2D eigenvalue weighted by atomic mass is 15.3. The van der Waals surface area contributed by atoms with Gasteiger partial charge in [0.05, 0.1) is 11.7 Å². The molecule has 0 saturated heterocycles. The second-order valence-electron chi connectivity index (χ2n) is 4.65. The van der Waals surface area contributed by atoms with Crippen LogP contribution in [0.2, 0.25) is 0 Å². The molecule has 2 N–H and O–H groups in total. The molecule has 1 aromatic heterocycles. The van der Waals surface area contributed by atoms with Gasteiger partial charge >= 0.3 is 0 Å². The molecular formula is C14H19N3. The number of nitrogens with zero attached hydrogens (tertiary/aromatic N) is 2. The van der Waals surface area contributed by atoms with Crippen LogP contribution in [0.25, 0.3) is 0 Å². The van der Waals surface area contributed by atoms with Gasteiger partial charge in [0.2, 0.25) is 0 Å². The molecule has 0 aliphatic heterocycles. The van der Waals surface area contributed by atoms with Crippen LogP contribution < -0.4 is 5.73 Å². The van der Waals surface area contributed by atoms with Gasteiger partial charge in [0.15, 0.2) is 0 Å². The van der Waals surface area contributed by atoms with Crippen LogP contribution in [0.4, 0.5) is 0 Å². The van der Waals surface area contributed by atoms with Gasteiger partial charge in [0, 0.05) is 18.3 Å². The Morgan fingerprint density at radius 3 is 2.41 bits per heavy atom. The molecular weight excluding hydrogens is 210 g/mol. The van der Waals surface area contributed by atoms with E-state index in [4.69, 9.17) is 5.73 Å². The first kappa shape index (κ1) is 11.9. The van der Waals surface area contributed by atoms with Crippen molar-refractivity contribution >= 4 is 0 Å². The van der Waals surface area contributed by atoms with E-state index < -0.39 is 5.54 Å². The third kappa shape index (κ3) is 2.24. The summed E-state index contributed by atoms with van der Waals surface area (Å²) < 4.78 is 1.90. The number of hydrogen-bond donors (Lipinski definition) is 1. The van der Waals surface area contributed by atoms with Crippen molar-refractivity contribution < 1.29 is 0 Å². The third-order valence-electron chi connectivity index (χ3n) is 3.21. The lowest BCUT2D eigenvalue weighted by atomic mass is 9.87. The summed E-state index contributed by atoms with van der Waals surface area (Å²) in [4.78, 5) is 0. The first-order valence-corrected chi connectivity index (χ1v) is 5.93. The molecule has 1 unspecified atom stereocenters. The summed E-state index contributed by atoms with van der Waals surface area (Å²) in [6.07, 6.45) is 3.86. The molecule has 0 aliphatic carbocycles. The predicted octanol–water partition coefficient (Wildman–Crippen LogP) is 2.43. The maximum atomic E-state index is 6.42. The van der Waals surface area contributed by atoms with E-state index in [1.54, 1.807) is 0 Å². The second-order valence-corrected chi connectivity index (χ2v) is 4.65. The van der Waals surface area contributed by atoms with Gasteiger partial charge in [-0.2, -0.15) is 5.10 Å². The maximum absolute atomic E-state index is 6.42. The van der Waals surface area contributed by atoms with E-state index in [2.05, 4.69) is 43.2 Å². The van der Waals surface area contributed by atoms with Gasteiger partial charge in [0.25, 0.3) is 0 Å². The lowest BCUT2D eigenvalue weighted by Gasteiger charge is -2.24. The molecule has 90 valence electrons. The molecule has 17 heavy (non-hydrogen) atoms. The fourth-order valence-corrected chi connectivity index (χ4v) is 1.87. The Labute approximate surface area is 102 Å². The summed E-state index contributed by atoms with van der Waals surface area (Å²) in [5.74, 6) is 0. The first-order chi connectivity index (χ1) is 8.04. The molecule has 0 amide bonds. The fraction of sp³-hybridized carbons (Fsp3) is 0.357. The molecule has 1 heterocycles. The van der Waals surface area contributed by atoms with Gasteiger partial charge in [0.1, 0.15) is 0 Å². The predicted molar refractivity (Wildman–Crippen MR) is 69.7 cm³/mol. The largest absolute Gasteiger partial charge is 0.318 e. The molecule has 3 nitrogen and oxygen atoms in total. The topological polar surface area (TPSA) is 43.8 Å². The van der Waals surface area contributed by atoms with E-state index in [9.17, 15) is 0 Å². The van der Waals surface area contributed by atoms with E-state index in [0.717, 1.165) is 17.7 Å². The second kappa shape index (κ2) is 4.34. The molecule has 2 aromatic rings. The zero-order valence-electron chi connectivity index (χ0n) is 10.6. The van der Waals surface area contributed by atoms with Crippen molar-refractivity contribution in [3.8, 4) is 0 Å². The van der Waals surface area contributed by atoms with Gasteiger partial charge in [-0.3, -0.25) is 4.68 Å². The van der Waals surface area contributed by atoms with Crippen LogP contribution in [0, 0.1) is 6.92 Å². The standard InChI is InChI=1S/C14H19N3/c1-4-17-10-13(9-16-17)14(3,15)12-7-5-11(2)6-8-12/h5-10H,4,15H2,1-3H3. The molecule has 3 heteroatoms. The van der Waals surface area contributed by atoms with Crippen molar-refractivity contribution in [3.63, 3.8) is 0 Å². The first-order valence-electron chi connectivity index (χ1n) is 5.93. The van der Waals surface area contributed by atoms with E-state index >= 15 is 0 Å². The number of hydrogen-bond acceptors (Lipinski definition) is 2.